The summed E-state index contributed by atoms with van der Waals surface area (Å²) in [7, 11) is 0. The van der Waals surface area contributed by atoms with Gasteiger partial charge in [0.1, 0.15) is 5.60 Å². The van der Waals surface area contributed by atoms with E-state index in [1.807, 2.05) is 0 Å². The van der Waals surface area contributed by atoms with Crippen LogP contribution in [0.4, 0.5) is 4.79 Å². The molecule has 1 amide bonds. The molecule has 0 aromatic rings. The summed E-state index contributed by atoms with van der Waals surface area (Å²) in [6, 6.07) is -0.289. The largest absolute Gasteiger partial charge is 0.442 e. The second-order valence-electron chi connectivity index (χ2n) is 5.49. The molecule has 1 fully saturated rings. The molecule has 1 rings (SSSR count). The van der Waals surface area contributed by atoms with Gasteiger partial charge in [-0.25, -0.2) is 4.79 Å². The lowest BCUT2D eigenvalue weighted by molar-refractivity contribution is -0.127. The lowest BCUT2D eigenvalue weighted by Crippen LogP contribution is -2.43. The van der Waals surface area contributed by atoms with Crippen LogP contribution >= 0.6 is 0 Å². The van der Waals surface area contributed by atoms with Crippen molar-refractivity contribution in [1.29, 1.82) is 0 Å². The molecular weight excluding hydrogens is 236 g/mol. The van der Waals surface area contributed by atoms with Crippen LogP contribution in [0.1, 0.15) is 46.5 Å². The average molecular weight is 256 g/mol. The van der Waals surface area contributed by atoms with E-state index >= 15 is 0 Å². The van der Waals surface area contributed by atoms with Crippen molar-refractivity contribution in [3.05, 3.63) is 10.4 Å². The highest BCUT2D eigenvalue weighted by Crippen LogP contribution is 2.25. The van der Waals surface area contributed by atoms with E-state index < -0.39 is 11.7 Å². The topological polar surface area (TPSA) is 98.5 Å². The predicted octanol–water partition coefficient (Wildman–Crippen LogP) is 3.23. The Morgan fingerprint density at radius 2 is 1.94 bits per heavy atom. The summed E-state index contributed by atoms with van der Waals surface area (Å²) >= 11 is 0. The van der Waals surface area contributed by atoms with Crippen molar-refractivity contribution in [2.75, 3.05) is 0 Å². The zero-order valence-corrected chi connectivity index (χ0v) is 11.0. The van der Waals surface area contributed by atoms with E-state index in [0.29, 0.717) is 30.7 Å². The van der Waals surface area contributed by atoms with Crippen LogP contribution in [-0.4, -0.2) is 34.0 Å². The maximum Gasteiger partial charge on any atom is 0.434 e. The summed E-state index contributed by atoms with van der Waals surface area (Å²) < 4.78 is 5.08. The van der Waals surface area contributed by atoms with Gasteiger partial charge in [0.25, 0.3) is 0 Å². The fraction of sp³-hybridized carbons (Fsp3) is 0.909. The zero-order chi connectivity index (χ0) is 13.8. The Bertz CT molecular complexity index is 339. The van der Waals surface area contributed by atoms with Gasteiger partial charge in [-0.05, 0) is 52.0 Å². The van der Waals surface area contributed by atoms with Gasteiger partial charge in [0.05, 0.1) is 6.04 Å². The van der Waals surface area contributed by atoms with Gasteiger partial charge >= 0.3 is 6.09 Å². The third kappa shape index (κ3) is 4.43. The minimum atomic E-state index is -0.727. The molecular formula is C11H20N4O3. The molecule has 0 saturated heterocycles. The zero-order valence-electron chi connectivity index (χ0n) is 11.0. The molecule has 1 aliphatic rings. The highest BCUT2D eigenvalue weighted by atomic mass is 16.6. The molecule has 1 aliphatic carbocycles. The standard InChI is InChI=1S/C11H20N4O3/c1-11(2,3)18-10(16)15(17)9-6-4-8(5-7-9)13-14-12/h8-9,17H,4-7H2,1-3H3. The molecule has 18 heavy (non-hydrogen) atoms. The molecule has 0 radical (unpaired) electrons. The molecule has 102 valence electrons. The van der Waals surface area contributed by atoms with Gasteiger partial charge in [-0.2, -0.15) is 5.06 Å². The van der Waals surface area contributed by atoms with E-state index in [1.165, 1.54) is 0 Å². The molecule has 0 aromatic heterocycles. The normalized spacial score (nSPS) is 24.0. The highest BCUT2D eigenvalue weighted by molar-refractivity contribution is 5.67. The molecule has 0 unspecified atom stereocenters. The first-order chi connectivity index (χ1) is 8.33. The smallest absolute Gasteiger partial charge is 0.434 e. The van der Waals surface area contributed by atoms with E-state index in [-0.39, 0.29) is 12.1 Å². The summed E-state index contributed by atoms with van der Waals surface area (Å²) in [5.41, 5.74) is 7.71. The second-order valence-corrected chi connectivity index (χ2v) is 5.49. The van der Waals surface area contributed by atoms with Crippen molar-refractivity contribution in [1.82, 2.24) is 5.06 Å². The van der Waals surface area contributed by atoms with Crippen LogP contribution < -0.4 is 0 Å². The average Bonchev–Trinajstić information content (AvgIpc) is 2.27. The molecule has 0 atom stereocenters. The van der Waals surface area contributed by atoms with Crippen LogP contribution in [0.25, 0.3) is 10.4 Å². The van der Waals surface area contributed by atoms with Gasteiger partial charge in [0, 0.05) is 11.0 Å². The number of nitrogens with zero attached hydrogens (tertiary/aromatic N) is 4. The first-order valence-corrected chi connectivity index (χ1v) is 6.09. The molecule has 0 aromatic carbocycles. The molecule has 0 spiro atoms. The molecule has 1 saturated carbocycles. The third-order valence-electron chi connectivity index (χ3n) is 2.81. The van der Waals surface area contributed by atoms with Crippen LogP contribution in [0.2, 0.25) is 0 Å². The SMILES string of the molecule is CC(C)(C)OC(=O)N(O)C1CCC(N=[N+]=[N-])CC1. The Morgan fingerprint density at radius 1 is 1.39 bits per heavy atom. The monoisotopic (exact) mass is 256 g/mol. The minimum absolute atomic E-state index is 0.0294. The Labute approximate surface area is 106 Å². The van der Waals surface area contributed by atoms with Gasteiger partial charge < -0.3 is 4.74 Å². The second kappa shape index (κ2) is 5.93. The predicted molar refractivity (Wildman–Crippen MR) is 65.0 cm³/mol. The first-order valence-electron chi connectivity index (χ1n) is 6.09. The van der Waals surface area contributed by atoms with Crippen molar-refractivity contribution >= 4 is 6.09 Å². The molecule has 7 heteroatoms. The number of hydroxylamine groups is 2. The van der Waals surface area contributed by atoms with Gasteiger partial charge in [-0.3, -0.25) is 5.21 Å². The number of carbonyl (C=O) groups excluding carboxylic acids is 1. The summed E-state index contributed by atoms with van der Waals surface area (Å²) in [5.74, 6) is 0. The van der Waals surface area contributed by atoms with Crippen LogP contribution in [0.5, 0.6) is 0 Å². The number of ether oxygens (including phenoxy) is 1. The summed E-state index contributed by atoms with van der Waals surface area (Å²) in [4.78, 5) is 14.4. The number of amides is 1. The minimum Gasteiger partial charge on any atom is -0.442 e. The number of carbonyl (C=O) groups is 1. The van der Waals surface area contributed by atoms with Gasteiger partial charge in [-0.15, -0.1) is 0 Å². The maximum absolute atomic E-state index is 11.6. The van der Waals surface area contributed by atoms with Crippen LogP contribution in [-0.2, 0) is 4.74 Å². The Hall–Kier alpha value is -1.46. The van der Waals surface area contributed by atoms with Crippen molar-refractivity contribution in [3.63, 3.8) is 0 Å². The third-order valence-corrected chi connectivity index (χ3v) is 2.81. The fourth-order valence-electron chi connectivity index (χ4n) is 1.95. The summed E-state index contributed by atoms with van der Waals surface area (Å²) in [6.45, 7) is 5.24. The molecule has 0 aliphatic heterocycles. The highest BCUT2D eigenvalue weighted by Gasteiger charge is 2.30. The van der Waals surface area contributed by atoms with Crippen molar-refractivity contribution in [2.45, 2.75) is 64.1 Å². The Morgan fingerprint density at radius 3 is 2.39 bits per heavy atom. The number of azide groups is 1. The van der Waals surface area contributed by atoms with E-state index in [9.17, 15) is 10.0 Å². The maximum atomic E-state index is 11.6. The fourth-order valence-corrected chi connectivity index (χ4v) is 1.95. The van der Waals surface area contributed by atoms with Crippen molar-refractivity contribution in [2.24, 2.45) is 5.11 Å². The lowest BCUT2D eigenvalue weighted by Gasteiger charge is -2.32. The quantitative estimate of drug-likeness (QED) is 0.270. The van der Waals surface area contributed by atoms with Crippen LogP contribution in [0, 0.1) is 0 Å². The van der Waals surface area contributed by atoms with E-state index in [2.05, 4.69) is 10.0 Å². The Balaban J connectivity index is 2.47. The van der Waals surface area contributed by atoms with Crippen LogP contribution in [0.3, 0.4) is 0 Å². The van der Waals surface area contributed by atoms with Gasteiger partial charge in [0.2, 0.25) is 0 Å². The Kier molecular flexibility index (Phi) is 4.81. The van der Waals surface area contributed by atoms with Crippen molar-refractivity contribution < 1.29 is 14.7 Å². The van der Waals surface area contributed by atoms with E-state index in [1.54, 1.807) is 20.8 Å². The summed E-state index contributed by atoms with van der Waals surface area (Å²) in [5, 5.41) is 14.1. The van der Waals surface area contributed by atoms with Gasteiger partial charge in [-0.1, -0.05) is 5.11 Å². The summed E-state index contributed by atoms with van der Waals surface area (Å²) in [6.07, 6.45) is 1.84. The number of hydrogen-bond acceptors (Lipinski definition) is 4. The number of hydrogen-bond donors (Lipinski definition) is 1. The molecule has 7 nitrogen and oxygen atoms in total. The van der Waals surface area contributed by atoms with Crippen LogP contribution in [0.15, 0.2) is 5.11 Å². The van der Waals surface area contributed by atoms with Gasteiger partial charge in [0.15, 0.2) is 0 Å². The molecule has 0 bridgehead atoms. The lowest BCUT2D eigenvalue weighted by atomic mass is 9.91. The van der Waals surface area contributed by atoms with E-state index in [4.69, 9.17) is 10.3 Å². The van der Waals surface area contributed by atoms with E-state index in [0.717, 1.165) is 0 Å². The van der Waals surface area contributed by atoms with Crippen molar-refractivity contribution in [3.8, 4) is 0 Å². The molecule has 1 N–H and O–H groups in total. The molecule has 0 heterocycles. The number of rotatable bonds is 2. The first kappa shape index (κ1) is 14.6.